The summed E-state index contributed by atoms with van der Waals surface area (Å²) in [5.74, 6) is 2.81. The van der Waals surface area contributed by atoms with Gasteiger partial charge in [-0.05, 0) is 13.0 Å². The molecule has 1 aromatic carbocycles. The van der Waals surface area contributed by atoms with Crippen LogP contribution in [0.2, 0.25) is 0 Å². The third-order valence-electron chi connectivity index (χ3n) is 3.06. The Bertz CT molecular complexity index is 509. The SMILES string of the molecule is COc1ccc(CSC2=NOC(C)(CCl)C2)c(OC)c1. The highest BCUT2D eigenvalue weighted by molar-refractivity contribution is 8.13. The number of methoxy groups -OCH3 is 2. The molecule has 110 valence electrons. The predicted molar refractivity (Wildman–Crippen MR) is 83.1 cm³/mol. The Hall–Kier alpha value is -1.07. The van der Waals surface area contributed by atoms with Crippen LogP contribution in [0.3, 0.4) is 0 Å². The molecule has 6 heteroatoms. The van der Waals surface area contributed by atoms with E-state index >= 15 is 0 Å². The van der Waals surface area contributed by atoms with Crippen LogP contribution >= 0.6 is 23.4 Å². The second kappa shape index (κ2) is 6.59. The summed E-state index contributed by atoms with van der Waals surface area (Å²) < 4.78 is 10.6. The molecule has 0 bridgehead atoms. The van der Waals surface area contributed by atoms with E-state index in [0.29, 0.717) is 5.88 Å². The summed E-state index contributed by atoms with van der Waals surface area (Å²) in [4.78, 5) is 5.37. The Morgan fingerprint density at radius 1 is 1.40 bits per heavy atom. The van der Waals surface area contributed by atoms with Gasteiger partial charge in [-0.3, -0.25) is 0 Å². The third-order valence-corrected chi connectivity index (χ3v) is 4.64. The predicted octanol–water partition coefficient (Wildman–Crippen LogP) is 3.67. The van der Waals surface area contributed by atoms with E-state index in [-0.39, 0.29) is 5.60 Å². The zero-order chi connectivity index (χ0) is 14.6. The fourth-order valence-corrected chi connectivity index (χ4v) is 3.03. The van der Waals surface area contributed by atoms with E-state index < -0.39 is 0 Å². The number of thioether (sulfide) groups is 1. The molecular weight excluding hydrogens is 298 g/mol. The highest BCUT2D eigenvalue weighted by Crippen LogP contribution is 2.33. The van der Waals surface area contributed by atoms with Gasteiger partial charge in [-0.2, -0.15) is 0 Å². The van der Waals surface area contributed by atoms with Gasteiger partial charge >= 0.3 is 0 Å². The van der Waals surface area contributed by atoms with Gasteiger partial charge < -0.3 is 14.3 Å². The highest BCUT2D eigenvalue weighted by atomic mass is 35.5. The van der Waals surface area contributed by atoms with E-state index in [1.165, 1.54) is 0 Å². The first kappa shape index (κ1) is 15.3. The Morgan fingerprint density at radius 3 is 2.80 bits per heavy atom. The standard InChI is InChI=1S/C14H18ClNO3S/c1-14(9-15)7-13(16-19-14)20-8-10-4-5-11(17-2)6-12(10)18-3/h4-6H,7-9H2,1-3H3. The molecule has 0 N–H and O–H groups in total. The molecule has 1 unspecified atom stereocenters. The molecular formula is C14H18ClNO3S. The minimum Gasteiger partial charge on any atom is -0.497 e. The van der Waals surface area contributed by atoms with Crippen LogP contribution in [-0.4, -0.2) is 30.7 Å². The van der Waals surface area contributed by atoms with Gasteiger partial charge in [-0.15, -0.1) is 23.4 Å². The normalized spacial score (nSPS) is 21.3. The molecule has 4 nitrogen and oxygen atoms in total. The van der Waals surface area contributed by atoms with Crippen molar-refractivity contribution in [2.24, 2.45) is 5.16 Å². The van der Waals surface area contributed by atoms with Crippen LogP contribution in [0.15, 0.2) is 23.4 Å². The second-order valence-corrected chi connectivity index (χ2v) is 6.12. The molecule has 1 aliphatic heterocycles. The van der Waals surface area contributed by atoms with Crippen LogP contribution in [-0.2, 0) is 10.6 Å². The van der Waals surface area contributed by atoms with Gasteiger partial charge in [0.15, 0.2) is 5.60 Å². The van der Waals surface area contributed by atoms with Crippen molar-refractivity contribution in [3.63, 3.8) is 0 Å². The van der Waals surface area contributed by atoms with Crippen LogP contribution in [0.5, 0.6) is 11.5 Å². The molecule has 0 saturated carbocycles. The molecule has 2 rings (SSSR count). The monoisotopic (exact) mass is 315 g/mol. The molecule has 1 atom stereocenters. The first-order chi connectivity index (χ1) is 9.60. The van der Waals surface area contributed by atoms with Gasteiger partial charge in [-0.25, -0.2) is 0 Å². The van der Waals surface area contributed by atoms with Crippen molar-refractivity contribution in [2.45, 2.75) is 24.7 Å². The van der Waals surface area contributed by atoms with E-state index in [1.807, 2.05) is 25.1 Å². The molecule has 0 radical (unpaired) electrons. The van der Waals surface area contributed by atoms with E-state index in [0.717, 1.165) is 34.3 Å². The van der Waals surface area contributed by atoms with Crippen LogP contribution < -0.4 is 9.47 Å². The lowest BCUT2D eigenvalue weighted by Gasteiger charge is -2.16. The van der Waals surface area contributed by atoms with Gasteiger partial charge in [0.25, 0.3) is 0 Å². The maximum Gasteiger partial charge on any atom is 0.154 e. The Kier molecular flexibility index (Phi) is 5.05. The zero-order valence-electron chi connectivity index (χ0n) is 11.8. The summed E-state index contributed by atoms with van der Waals surface area (Å²) >= 11 is 7.51. The lowest BCUT2D eigenvalue weighted by molar-refractivity contribution is 0.0152. The minimum atomic E-state index is -0.367. The summed E-state index contributed by atoms with van der Waals surface area (Å²) in [5, 5.41) is 5.06. The average molecular weight is 316 g/mol. The first-order valence-electron chi connectivity index (χ1n) is 6.25. The zero-order valence-corrected chi connectivity index (χ0v) is 13.4. The molecule has 0 saturated heterocycles. The highest BCUT2D eigenvalue weighted by Gasteiger charge is 2.33. The third kappa shape index (κ3) is 3.52. The summed E-state index contributed by atoms with van der Waals surface area (Å²) in [6, 6.07) is 5.81. The molecule has 0 aromatic heterocycles. The number of ether oxygens (including phenoxy) is 2. The molecule has 20 heavy (non-hydrogen) atoms. The van der Waals surface area contributed by atoms with E-state index in [2.05, 4.69) is 5.16 Å². The number of oxime groups is 1. The van der Waals surface area contributed by atoms with Crippen molar-refractivity contribution in [1.29, 1.82) is 0 Å². The first-order valence-corrected chi connectivity index (χ1v) is 7.77. The number of rotatable bonds is 5. The lowest BCUT2D eigenvalue weighted by Crippen LogP contribution is -2.26. The van der Waals surface area contributed by atoms with Crippen molar-refractivity contribution in [3.05, 3.63) is 23.8 Å². The fraction of sp³-hybridized carbons (Fsp3) is 0.500. The summed E-state index contributed by atoms with van der Waals surface area (Å²) in [5.41, 5.74) is 0.730. The second-order valence-electron chi connectivity index (χ2n) is 4.80. The number of nitrogens with zero attached hydrogens (tertiary/aromatic N) is 1. The maximum absolute atomic E-state index is 5.87. The van der Waals surface area contributed by atoms with Crippen LogP contribution in [0.4, 0.5) is 0 Å². The van der Waals surface area contributed by atoms with Crippen LogP contribution in [0.25, 0.3) is 0 Å². The molecule has 1 aliphatic rings. The van der Waals surface area contributed by atoms with Crippen molar-refractivity contribution in [3.8, 4) is 11.5 Å². The summed E-state index contributed by atoms with van der Waals surface area (Å²) in [6.45, 7) is 1.96. The quantitative estimate of drug-likeness (QED) is 0.777. The van der Waals surface area contributed by atoms with Gasteiger partial charge in [0, 0.05) is 23.8 Å². The molecule has 0 fully saturated rings. The Morgan fingerprint density at radius 2 is 2.20 bits per heavy atom. The van der Waals surface area contributed by atoms with E-state index in [4.69, 9.17) is 25.9 Å². The number of halogens is 1. The number of hydrogen-bond donors (Lipinski definition) is 0. The molecule has 0 spiro atoms. The summed E-state index contributed by atoms with van der Waals surface area (Å²) in [6.07, 6.45) is 0.750. The van der Waals surface area contributed by atoms with Crippen LogP contribution in [0.1, 0.15) is 18.9 Å². The molecule has 0 amide bonds. The largest absolute Gasteiger partial charge is 0.497 e. The van der Waals surface area contributed by atoms with Crippen molar-refractivity contribution in [2.75, 3.05) is 20.1 Å². The topological polar surface area (TPSA) is 40.0 Å². The number of benzene rings is 1. The Labute approximate surface area is 128 Å². The van der Waals surface area contributed by atoms with Crippen molar-refractivity contribution in [1.82, 2.24) is 0 Å². The molecule has 0 aliphatic carbocycles. The molecule has 1 aromatic rings. The van der Waals surface area contributed by atoms with Gasteiger partial charge in [0.05, 0.1) is 20.1 Å². The van der Waals surface area contributed by atoms with Gasteiger partial charge in [0.2, 0.25) is 0 Å². The average Bonchev–Trinajstić information content (AvgIpc) is 2.87. The van der Waals surface area contributed by atoms with Gasteiger partial charge in [0.1, 0.15) is 16.5 Å². The van der Waals surface area contributed by atoms with Gasteiger partial charge in [-0.1, -0.05) is 11.2 Å². The number of hydrogen-bond acceptors (Lipinski definition) is 5. The van der Waals surface area contributed by atoms with E-state index in [1.54, 1.807) is 26.0 Å². The minimum absolute atomic E-state index is 0.367. The van der Waals surface area contributed by atoms with Crippen LogP contribution in [0, 0.1) is 0 Å². The number of alkyl halides is 1. The Balaban J connectivity index is 1.98. The lowest BCUT2D eigenvalue weighted by atomic mass is 10.1. The van der Waals surface area contributed by atoms with E-state index in [9.17, 15) is 0 Å². The fourth-order valence-electron chi connectivity index (χ4n) is 1.83. The maximum atomic E-state index is 5.87. The van der Waals surface area contributed by atoms with Crippen molar-refractivity contribution >= 4 is 28.4 Å². The van der Waals surface area contributed by atoms with Crippen molar-refractivity contribution < 1.29 is 14.3 Å². The smallest absolute Gasteiger partial charge is 0.154 e. The summed E-state index contributed by atoms with van der Waals surface area (Å²) in [7, 11) is 3.30. The molecule has 1 heterocycles.